The first-order chi connectivity index (χ1) is 8.92. The molecule has 108 valence electrons. The summed E-state index contributed by atoms with van der Waals surface area (Å²) in [6.45, 7) is 5.86. The van der Waals surface area contributed by atoms with E-state index in [1.807, 2.05) is 19.9 Å². The quantitative estimate of drug-likeness (QED) is 0.712. The van der Waals surface area contributed by atoms with Crippen LogP contribution in [-0.4, -0.2) is 25.7 Å². The molecule has 0 heterocycles. The number of rotatable bonds is 8. The number of benzene rings is 1. The normalized spacial score (nSPS) is 11.6. The van der Waals surface area contributed by atoms with Crippen molar-refractivity contribution in [2.24, 2.45) is 5.73 Å². The average Bonchev–Trinajstić information content (AvgIpc) is 2.32. The number of nitrogens with one attached hydrogen (secondary N) is 1. The van der Waals surface area contributed by atoms with Crippen molar-refractivity contribution in [3.05, 3.63) is 29.6 Å². The lowest BCUT2D eigenvalue weighted by molar-refractivity contribution is 0.386. The Morgan fingerprint density at radius 3 is 2.63 bits per heavy atom. The molecular formula is C15H25FN2O. The Morgan fingerprint density at radius 2 is 2.05 bits per heavy atom. The van der Waals surface area contributed by atoms with Crippen LogP contribution in [0.4, 0.5) is 4.39 Å². The number of halogens is 1. The Morgan fingerprint density at radius 1 is 1.32 bits per heavy atom. The highest BCUT2D eigenvalue weighted by Crippen LogP contribution is 2.17. The van der Waals surface area contributed by atoms with Gasteiger partial charge in [0.15, 0.2) is 11.6 Å². The number of nitrogens with two attached hydrogens (primary N) is 1. The summed E-state index contributed by atoms with van der Waals surface area (Å²) in [6.07, 6.45) is 2.87. The molecule has 4 heteroatoms. The van der Waals surface area contributed by atoms with Gasteiger partial charge in [-0.25, -0.2) is 4.39 Å². The first kappa shape index (κ1) is 15.9. The van der Waals surface area contributed by atoms with Crippen LogP contribution < -0.4 is 15.8 Å². The lowest BCUT2D eigenvalue weighted by Gasteiger charge is -2.17. The minimum Gasteiger partial charge on any atom is -0.494 e. The van der Waals surface area contributed by atoms with Crippen molar-refractivity contribution in [1.29, 1.82) is 0 Å². The predicted octanol–water partition coefficient (Wildman–Crippen LogP) is 2.48. The maximum atomic E-state index is 13.5. The van der Waals surface area contributed by atoms with Crippen molar-refractivity contribution in [3.8, 4) is 5.75 Å². The summed E-state index contributed by atoms with van der Waals surface area (Å²) in [5, 5.41) is 3.35. The fraction of sp³-hybridized carbons (Fsp3) is 0.600. The highest BCUT2D eigenvalue weighted by atomic mass is 19.1. The van der Waals surface area contributed by atoms with Crippen LogP contribution in [0.2, 0.25) is 0 Å². The Kier molecular flexibility index (Phi) is 6.25. The number of hydrogen-bond acceptors (Lipinski definition) is 3. The molecule has 19 heavy (non-hydrogen) atoms. The highest BCUT2D eigenvalue weighted by Gasteiger charge is 2.09. The molecule has 0 spiro atoms. The van der Waals surface area contributed by atoms with Crippen molar-refractivity contribution < 1.29 is 9.13 Å². The van der Waals surface area contributed by atoms with Crippen LogP contribution in [0.15, 0.2) is 18.2 Å². The molecule has 0 atom stereocenters. The maximum absolute atomic E-state index is 13.5. The zero-order valence-corrected chi connectivity index (χ0v) is 12.1. The topological polar surface area (TPSA) is 47.3 Å². The van der Waals surface area contributed by atoms with Crippen molar-refractivity contribution >= 4 is 0 Å². The summed E-state index contributed by atoms with van der Waals surface area (Å²) >= 11 is 0. The van der Waals surface area contributed by atoms with Gasteiger partial charge in [0.05, 0.1) is 7.11 Å². The third-order valence-corrected chi connectivity index (χ3v) is 2.98. The third-order valence-electron chi connectivity index (χ3n) is 2.98. The molecule has 0 radical (unpaired) electrons. The second-order valence-electron chi connectivity index (χ2n) is 5.56. The van der Waals surface area contributed by atoms with Crippen molar-refractivity contribution in [2.75, 3.05) is 20.2 Å². The molecule has 0 aromatic heterocycles. The average molecular weight is 268 g/mol. The summed E-state index contributed by atoms with van der Waals surface area (Å²) in [5.41, 5.74) is 6.78. The first-order valence-electron chi connectivity index (χ1n) is 6.74. The van der Waals surface area contributed by atoms with Gasteiger partial charge < -0.3 is 15.8 Å². The van der Waals surface area contributed by atoms with Gasteiger partial charge in [-0.2, -0.15) is 0 Å². The van der Waals surface area contributed by atoms with Crippen molar-refractivity contribution in [2.45, 2.75) is 38.6 Å². The van der Waals surface area contributed by atoms with Crippen LogP contribution in [0.25, 0.3) is 0 Å². The Bertz CT molecular complexity index is 388. The first-order valence-corrected chi connectivity index (χ1v) is 6.74. The molecule has 0 saturated carbocycles. The van der Waals surface area contributed by atoms with Gasteiger partial charge in [0.1, 0.15) is 0 Å². The van der Waals surface area contributed by atoms with E-state index in [9.17, 15) is 4.39 Å². The van der Waals surface area contributed by atoms with Gasteiger partial charge >= 0.3 is 0 Å². The van der Waals surface area contributed by atoms with Crippen LogP contribution in [0.3, 0.4) is 0 Å². The number of methoxy groups -OCH3 is 1. The van der Waals surface area contributed by atoms with E-state index in [0.717, 1.165) is 37.9 Å². The van der Waals surface area contributed by atoms with Crippen molar-refractivity contribution in [3.63, 3.8) is 0 Å². The molecule has 0 aliphatic heterocycles. The van der Waals surface area contributed by atoms with E-state index in [1.165, 1.54) is 13.2 Å². The molecule has 0 aliphatic carbocycles. The Hall–Kier alpha value is -1.13. The minimum atomic E-state index is -0.301. The van der Waals surface area contributed by atoms with E-state index in [2.05, 4.69) is 5.32 Å². The summed E-state index contributed by atoms with van der Waals surface area (Å²) in [5.74, 6) is -0.00762. The molecule has 1 aromatic carbocycles. The molecular weight excluding hydrogens is 243 g/mol. The van der Waals surface area contributed by atoms with Gasteiger partial charge in [0, 0.05) is 5.54 Å². The number of hydrogen-bond donors (Lipinski definition) is 2. The largest absolute Gasteiger partial charge is 0.494 e. The molecule has 0 amide bonds. The summed E-state index contributed by atoms with van der Waals surface area (Å²) in [7, 11) is 1.47. The second kappa shape index (κ2) is 7.46. The molecule has 0 unspecified atom stereocenters. The van der Waals surface area contributed by atoms with E-state index in [4.69, 9.17) is 10.5 Å². The summed E-state index contributed by atoms with van der Waals surface area (Å²) in [4.78, 5) is 0. The van der Waals surface area contributed by atoms with Crippen LogP contribution >= 0.6 is 0 Å². The van der Waals surface area contributed by atoms with E-state index >= 15 is 0 Å². The zero-order valence-electron chi connectivity index (χ0n) is 12.1. The van der Waals surface area contributed by atoms with E-state index in [0.29, 0.717) is 5.75 Å². The monoisotopic (exact) mass is 268 g/mol. The molecule has 1 rings (SSSR count). The molecule has 0 bridgehead atoms. The molecule has 0 aliphatic rings. The fourth-order valence-corrected chi connectivity index (χ4v) is 1.89. The molecule has 0 fully saturated rings. The Labute approximate surface area is 115 Å². The van der Waals surface area contributed by atoms with Gasteiger partial charge in [0.2, 0.25) is 0 Å². The van der Waals surface area contributed by atoms with E-state index < -0.39 is 0 Å². The molecule has 3 nitrogen and oxygen atoms in total. The minimum absolute atomic E-state index is 0.0964. The molecule has 3 N–H and O–H groups in total. The lowest BCUT2D eigenvalue weighted by Crippen LogP contribution is -2.33. The van der Waals surface area contributed by atoms with Gasteiger partial charge in [-0.05, 0) is 63.9 Å². The standard InChI is InChI=1S/C15H25FN2O/c1-15(2,17)8-4-9-18-10-7-12-5-6-14(19-3)13(16)11-12/h5-6,11,18H,4,7-10,17H2,1-3H3. The smallest absolute Gasteiger partial charge is 0.165 e. The molecule has 1 aromatic rings. The van der Waals surface area contributed by atoms with Gasteiger partial charge in [-0.15, -0.1) is 0 Å². The van der Waals surface area contributed by atoms with E-state index in [-0.39, 0.29) is 11.4 Å². The highest BCUT2D eigenvalue weighted by molar-refractivity contribution is 5.29. The van der Waals surface area contributed by atoms with Crippen LogP contribution in [-0.2, 0) is 6.42 Å². The third kappa shape index (κ3) is 6.55. The fourth-order valence-electron chi connectivity index (χ4n) is 1.89. The lowest BCUT2D eigenvalue weighted by atomic mass is 10.0. The second-order valence-corrected chi connectivity index (χ2v) is 5.56. The maximum Gasteiger partial charge on any atom is 0.165 e. The van der Waals surface area contributed by atoms with Crippen LogP contribution in [0.1, 0.15) is 32.3 Å². The number of ether oxygens (including phenoxy) is 1. The van der Waals surface area contributed by atoms with Gasteiger partial charge in [-0.1, -0.05) is 6.07 Å². The van der Waals surface area contributed by atoms with Crippen LogP contribution in [0.5, 0.6) is 5.75 Å². The Balaban J connectivity index is 2.21. The predicted molar refractivity (Wildman–Crippen MR) is 77.0 cm³/mol. The van der Waals surface area contributed by atoms with Crippen LogP contribution in [0, 0.1) is 5.82 Å². The van der Waals surface area contributed by atoms with Gasteiger partial charge in [-0.3, -0.25) is 0 Å². The molecule has 0 saturated heterocycles. The van der Waals surface area contributed by atoms with Crippen molar-refractivity contribution in [1.82, 2.24) is 5.32 Å². The summed E-state index contributed by atoms with van der Waals surface area (Å²) in [6, 6.07) is 5.09. The summed E-state index contributed by atoms with van der Waals surface area (Å²) < 4.78 is 18.3. The van der Waals surface area contributed by atoms with Gasteiger partial charge in [0.25, 0.3) is 0 Å². The zero-order chi connectivity index (χ0) is 14.3. The SMILES string of the molecule is COc1ccc(CCNCCCC(C)(C)N)cc1F. The van der Waals surface area contributed by atoms with E-state index in [1.54, 1.807) is 6.07 Å².